The minimum atomic E-state index is -0.696. The number of primary amides is 1. The lowest BCUT2D eigenvalue weighted by Gasteiger charge is -2.38. The van der Waals surface area contributed by atoms with E-state index in [2.05, 4.69) is 5.32 Å². The van der Waals surface area contributed by atoms with Crippen LogP contribution < -0.4 is 16.0 Å². The highest BCUT2D eigenvalue weighted by atomic mass is 19.1. The number of para-hydroxylation sites is 1. The standard InChI is InChI=1S/C17H25FN4O2/c1-3-12(2)15(20-17(19)24)16(23)22-10-8-21(9-11-22)14-7-5-4-6-13(14)18/h4-7,12,15H,3,8-11H2,1-2H3,(H3,19,20,24). The molecule has 1 aliphatic heterocycles. The van der Waals surface area contributed by atoms with Crippen LogP contribution in [0.3, 0.4) is 0 Å². The van der Waals surface area contributed by atoms with Gasteiger partial charge in [0.05, 0.1) is 5.69 Å². The summed E-state index contributed by atoms with van der Waals surface area (Å²) in [6.07, 6.45) is 0.756. The molecule has 2 atom stereocenters. The number of anilines is 1. The Morgan fingerprint density at radius 1 is 1.25 bits per heavy atom. The lowest BCUT2D eigenvalue weighted by atomic mass is 9.97. The SMILES string of the molecule is CCC(C)C(NC(N)=O)C(=O)N1CCN(c2ccccc2F)CC1. The molecule has 0 spiro atoms. The Hall–Kier alpha value is -2.31. The number of halogens is 1. The van der Waals surface area contributed by atoms with Crippen molar-refractivity contribution in [1.29, 1.82) is 0 Å². The number of rotatable bonds is 5. The molecule has 1 saturated heterocycles. The van der Waals surface area contributed by atoms with E-state index in [1.807, 2.05) is 18.7 Å². The van der Waals surface area contributed by atoms with Gasteiger partial charge in [-0.25, -0.2) is 9.18 Å². The van der Waals surface area contributed by atoms with Crippen LogP contribution in [-0.4, -0.2) is 49.1 Å². The van der Waals surface area contributed by atoms with Gasteiger partial charge in [-0.05, 0) is 18.1 Å². The van der Waals surface area contributed by atoms with Crippen molar-refractivity contribution in [2.24, 2.45) is 11.7 Å². The Morgan fingerprint density at radius 2 is 1.88 bits per heavy atom. The van der Waals surface area contributed by atoms with Crippen molar-refractivity contribution in [1.82, 2.24) is 10.2 Å². The summed E-state index contributed by atoms with van der Waals surface area (Å²) in [4.78, 5) is 27.5. The fraction of sp³-hybridized carbons (Fsp3) is 0.529. The topological polar surface area (TPSA) is 78.7 Å². The van der Waals surface area contributed by atoms with E-state index in [1.54, 1.807) is 23.1 Å². The zero-order valence-corrected chi connectivity index (χ0v) is 14.2. The van der Waals surface area contributed by atoms with Crippen LogP contribution in [0.4, 0.5) is 14.9 Å². The molecule has 132 valence electrons. The predicted molar refractivity (Wildman–Crippen MR) is 91.2 cm³/mol. The summed E-state index contributed by atoms with van der Waals surface area (Å²) >= 11 is 0. The van der Waals surface area contributed by atoms with Gasteiger partial charge in [-0.15, -0.1) is 0 Å². The van der Waals surface area contributed by atoms with E-state index in [0.717, 1.165) is 6.42 Å². The van der Waals surface area contributed by atoms with Crippen LogP contribution >= 0.6 is 0 Å². The highest BCUT2D eigenvalue weighted by Gasteiger charge is 2.31. The molecule has 24 heavy (non-hydrogen) atoms. The maximum Gasteiger partial charge on any atom is 0.312 e. The first-order chi connectivity index (χ1) is 11.4. The monoisotopic (exact) mass is 336 g/mol. The molecular weight excluding hydrogens is 311 g/mol. The summed E-state index contributed by atoms with van der Waals surface area (Å²) in [7, 11) is 0. The van der Waals surface area contributed by atoms with Gasteiger partial charge < -0.3 is 20.9 Å². The third kappa shape index (κ3) is 4.15. The molecule has 0 saturated carbocycles. The number of benzene rings is 1. The number of piperazine rings is 1. The summed E-state index contributed by atoms with van der Waals surface area (Å²) in [6, 6.07) is 5.31. The van der Waals surface area contributed by atoms with E-state index in [-0.39, 0.29) is 17.6 Å². The maximum atomic E-state index is 13.9. The van der Waals surface area contributed by atoms with Gasteiger partial charge in [0.15, 0.2) is 0 Å². The van der Waals surface area contributed by atoms with Gasteiger partial charge in [0, 0.05) is 26.2 Å². The average molecular weight is 336 g/mol. The van der Waals surface area contributed by atoms with Gasteiger partial charge in [0.1, 0.15) is 11.9 Å². The number of hydrogen-bond donors (Lipinski definition) is 2. The molecular formula is C17H25FN4O2. The summed E-state index contributed by atoms with van der Waals surface area (Å²) in [5, 5.41) is 2.55. The number of nitrogens with one attached hydrogen (secondary N) is 1. The van der Waals surface area contributed by atoms with Gasteiger partial charge in [-0.2, -0.15) is 0 Å². The molecule has 3 amide bonds. The van der Waals surface area contributed by atoms with Crippen molar-refractivity contribution in [3.05, 3.63) is 30.1 Å². The van der Waals surface area contributed by atoms with Gasteiger partial charge in [-0.1, -0.05) is 32.4 Å². The quantitative estimate of drug-likeness (QED) is 0.856. The van der Waals surface area contributed by atoms with Crippen molar-refractivity contribution >= 4 is 17.6 Å². The minimum absolute atomic E-state index is 0.00500. The Kier molecular flexibility index (Phi) is 6.00. The van der Waals surface area contributed by atoms with Crippen LogP contribution in [-0.2, 0) is 4.79 Å². The summed E-state index contributed by atoms with van der Waals surface area (Å²) < 4.78 is 13.9. The van der Waals surface area contributed by atoms with E-state index in [0.29, 0.717) is 31.9 Å². The lowest BCUT2D eigenvalue weighted by Crippen LogP contribution is -2.57. The third-order valence-electron chi connectivity index (χ3n) is 4.56. The van der Waals surface area contributed by atoms with Crippen LogP contribution in [0.1, 0.15) is 20.3 Å². The maximum absolute atomic E-state index is 13.9. The molecule has 0 bridgehead atoms. The first-order valence-corrected chi connectivity index (χ1v) is 8.28. The van der Waals surface area contributed by atoms with Gasteiger partial charge in [-0.3, -0.25) is 4.79 Å². The van der Waals surface area contributed by atoms with Crippen LogP contribution in [0.2, 0.25) is 0 Å². The van der Waals surface area contributed by atoms with Crippen molar-refractivity contribution in [3.63, 3.8) is 0 Å². The zero-order chi connectivity index (χ0) is 17.7. The number of nitrogens with zero attached hydrogens (tertiary/aromatic N) is 2. The van der Waals surface area contributed by atoms with Crippen LogP contribution in [0, 0.1) is 11.7 Å². The van der Waals surface area contributed by atoms with Gasteiger partial charge >= 0.3 is 6.03 Å². The number of carbonyl (C=O) groups is 2. The Morgan fingerprint density at radius 3 is 2.42 bits per heavy atom. The molecule has 1 aromatic carbocycles. The fourth-order valence-electron chi connectivity index (χ4n) is 2.91. The van der Waals surface area contributed by atoms with Gasteiger partial charge in [0.25, 0.3) is 0 Å². The summed E-state index contributed by atoms with van der Waals surface area (Å²) in [5.41, 5.74) is 5.75. The molecule has 0 aliphatic carbocycles. The van der Waals surface area contributed by atoms with E-state index in [4.69, 9.17) is 5.73 Å². The molecule has 6 nitrogen and oxygen atoms in total. The van der Waals surface area contributed by atoms with Crippen LogP contribution in [0.25, 0.3) is 0 Å². The number of urea groups is 1. The second-order valence-corrected chi connectivity index (χ2v) is 6.14. The van der Waals surface area contributed by atoms with E-state index in [9.17, 15) is 14.0 Å². The highest BCUT2D eigenvalue weighted by molar-refractivity contribution is 5.87. The van der Waals surface area contributed by atoms with E-state index >= 15 is 0 Å². The number of nitrogens with two attached hydrogens (primary N) is 1. The summed E-state index contributed by atoms with van der Waals surface area (Å²) in [5.74, 6) is -0.393. The Bertz CT molecular complexity index is 588. The molecule has 2 rings (SSSR count). The first-order valence-electron chi connectivity index (χ1n) is 8.28. The highest BCUT2D eigenvalue weighted by Crippen LogP contribution is 2.21. The second kappa shape index (κ2) is 7.99. The molecule has 3 N–H and O–H groups in total. The van der Waals surface area contributed by atoms with Crippen molar-refractivity contribution in [3.8, 4) is 0 Å². The predicted octanol–water partition coefficient (Wildman–Crippen LogP) is 1.56. The Balaban J connectivity index is 2.01. The second-order valence-electron chi connectivity index (χ2n) is 6.14. The van der Waals surface area contributed by atoms with E-state index < -0.39 is 12.1 Å². The molecule has 1 aliphatic rings. The number of hydrogen-bond acceptors (Lipinski definition) is 3. The van der Waals surface area contributed by atoms with Crippen LogP contribution in [0.5, 0.6) is 0 Å². The van der Waals surface area contributed by atoms with Crippen molar-refractivity contribution in [2.45, 2.75) is 26.3 Å². The molecule has 7 heteroatoms. The lowest BCUT2D eigenvalue weighted by molar-refractivity contribution is -0.134. The normalized spacial score (nSPS) is 17.3. The van der Waals surface area contributed by atoms with Gasteiger partial charge in [0.2, 0.25) is 5.91 Å². The largest absolute Gasteiger partial charge is 0.366 e. The Labute approximate surface area is 141 Å². The zero-order valence-electron chi connectivity index (χ0n) is 14.2. The first kappa shape index (κ1) is 18.0. The number of carbonyl (C=O) groups excluding carboxylic acids is 2. The average Bonchev–Trinajstić information content (AvgIpc) is 2.59. The fourth-order valence-corrected chi connectivity index (χ4v) is 2.91. The van der Waals surface area contributed by atoms with Crippen molar-refractivity contribution in [2.75, 3.05) is 31.1 Å². The smallest absolute Gasteiger partial charge is 0.312 e. The molecule has 0 radical (unpaired) electrons. The van der Waals surface area contributed by atoms with Crippen LogP contribution in [0.15, 0.2) is 24.3 Å². The molecule has 1 fully saturated rings. The molecule has 1 aromatic rings. The number of amides is 3. The molecule has 2 unspecified atom stereocenters. The van der Waals surface area contributed by atoms with Crippen molar-refractivity contribution < 1.29 is 14.0 Å². The minimum Gasteiger partial charge on any atom is -0.366 e. The molecule has 1 heterocycles. The third-order valence-corrected chi connectivity index (χ3v) is 4.56. The molecule has 0 aromatic heterocycles. The van der Waals surface area contributed by atoms with E-state index in [1.165, 1.54) is 6.07 Å². The summed E-state index contributed by atoms with van der Waals surface area (Å²) in [6.45, 7) is 5.95.